The minimum Gasteiger partial charge on any atom is -0.490 e. The number of rotatable bonds is 7. The first-order valence-electron chi connectivity index (χ1n) is 7.13. The fourth-order valence-corrected chi connectivity index (χ4v) is 2.15. The maximum Gasteiger partial charge on any atom is 0.218 e. The summed E-state index contributed by atoms with van der Waals surface area (Å²) in [5.74, 6) is 1.54. The van der Waals surface area contributed by atoms with Crippen LogP contribution in [-0.4, -0.2) is 25.2 Å². The van der Waals surface area contributed by atoms with E-state index in [-0.39, 0.29) is 0 Å². The summed E-state index contributed by atoms with van der Waals surface area (Å²) in [6.45, 7) is 5.77. The van der Waals surface area contributed by atoms with E-state index >= 15 is 0 Å². The highest BCUT2D eigenvalue weighted by atomic mass is 16.5. The highest BCUT2D eigenvalue weighted by Gasteiger charge is 2.09. The van der Waals surface area contributed by atoms with E-state index in [2.05, 4.69) is 23.3 Å². The van der Waals surface area contributed by atoms with Crippen LogP contribution in [0.2, 0.25) is 0 Å². The molecule has 0 bridgehead atoms. The largest absolute Gasteiger partial charge is 0.490 e. The van der Waals surface area contributed by atoms with Gasteiger partial charge in [0.25, 0.3) is 0 Å². The Balaban J connectivity index is 1.93. The maximum absolute atomic E-state index is 5.80. The average molecular weight is 286 g/mol. The second-order valence-corrected chi connectivity index (χ2v) is 4.90. The molecule has 4 nitrogen and oxygen atoms in total. The Morgan fingerprint density at radius 3 is 2.48 bits per heavy atom. The van der Waals surface area contributed by atoms with Crippen molar-refractivity contribution >= 4 is 0 Å². The lowest BCUT2D eigenvalue weighted by molar-refractivity contribution is 0.210. The monoisotopic (exact) mass is 286 g/mol. The predicted molar refractivity (Wildman–Crippen MR) is 83.9 cm³/mol. The van der Waals surface area contributed by atoms with Gasteiger partial charge in [-0.25, -0.2) is 4.98 Å². The molecule has 2 rings (SSSR count). The van der Waals surface area contributed by atoms with Gasteiger partial charge in [0.15, 0.2) is 0 Å². The summed E-state index contributed by atoms with van der Waals surface area (Å²) < 4.78 is 11.4. The normalized spacial score (nSPS) is 10.4. The zero-order valence-electron chi connectivity index (χ0n) is 12.8. The fourth-order valence-electron chi connectivity index (χ4n) is 2.15. The van der Waals surface area contributed by atoms with E-state index in [1.54, 1.807) is 0 Å². The molecule has 1 aromatic heterocycles. The summed E-state index contributed by atoms with van der Waals surface area (Å²) in [4.78, 5) is 4.48. The Hall–Kier alpha value is -2.07. The molecule has 0 spiro atoms. The van der Waals surface area contributed by atoms with E-state index in [4.69, 9.17) is 9.47 Å². The van der Waals surface area contributed by atoms with Crippen molar-refractivity contribution in [3.63, 3.8) is 0 Å². The molecule has 0 fully saturated rings. The van der Waals surface area contributed by atoms with Crippen molar-refractivity contribution in [1.82, 2.24) is 10.3 Å². The van der Waals surface area contributed by atoms with E-state index in [0.717, 1.165) is 23.6 Å². The molecular formula is C17H22N2O2. The van der Waals surface area contributed by atoms with Crippen LogP contribution >= 0.6 is 0 Å². The van der Waals surface area contributed by atoms with Crippen molar-refractivity contribution in [3.8, 4) is 11.6 Å². The van der Waals surface area contributed by atoms with Crippen LogP contribution in [0.1, 0.15) is 16.8 Å². The van der Waals surface area contributed by atoms with Crippen molar-refractivity contribution in [2.45, 2.75) is 20.4 Å². The third-order valence-corrected chi connectivity index (χ3v) is 3.13. The quantitative estimate of drug-likeness (QED) is 0.795. The van der Waals surface area contributed by atoms with E-state index in [9.17, 15) is 0 Å². The standard InChI is InChI=1S/C17H22N2O2/c1-13-11-14(2)19-17(16(13)12-18-3)21-10-9-20-15-7-5-4-6-8-15/h4-8,11,18H,9-10,12H2,1-3H3. The van der Waals surface area contributed by atoms with Gasteiger partial charge in [-0.3, -0.25) is 0 Å². The molecule has 1 N–H and O–H groups in total. The van der Waals surface area contributed by atoms with Gasteiger partial charge < -0.3 is 14.8 Å². The van der Waals surface area contributed by atoms with E-state index in [0.29, 0.717) is 19.1 Å². The first-order valence-corrected chi connectivity index (χ1v) is 7.13. The molecule has 1 heterocycles. The highest BCUT2D eigenvalue weighted by Crippen LogP contribution is 2.20. The fraction of sp³-hybridized carbons (Fsp3) is 0.353. The first kappa shape index (κ1) is 15.3. The van der Waals surface area contributed by atoms with Crippen LogP contribution in [0.25, 0.3) is 0 Å². The Labute approximate surface area is 126 Å². The summed E-state index contributed by atoms with van der Waals surface area (Å²) in [6, 6.07) is 11.8. The number of benzene rings is 1. The van der Waals surface area contributed by atoms with Crippen LogP contribution in [0, 0.1) is 13.8 Å². The SMILES string of the molecule is CNCc1c(C)cc(C)nc1OCCOc1ccccc1. The molecule has 0 aliphatic heterocycles. The highest BCUT2D eigenvalue weighted by molar-refractivity contribution is 5.35. The van der Waals surface area contributed by atoms with Gasteiger partial charge in [-0.05, 0) is 44.7 Å². The van der Waals surface area contributed by atoms with Crippen molar-refractivity contribution in [2.75, 3.05) is 20.3 Å². The predicted octanol–water partition coefficient (Wildman–Crippen LogP) is 2.88. The second-order valence-electron chi connectivity index (χ2n) is 4.90. The summed E-state index contributed by atoms with van der Waals surface area (Å²) in [5, 5.41) is 3.15. The molecule has 0 atom stereocenters. The molecule has 0 unspecified atom stereocenters. The molecule has 1 aromatic carbocycles. The van der Waals surface area contributed by atoms with Crippen LogP contribution in [0.4, 0.5) is 0 Å². The molecule has 0 saturated heterocycles. The smallest absolute Gasteiger partial charge is 0.218 e. The Morgan fingerprint density at radius 1 is 1.05 bits per heavy atom. The molecule has 0 saturated carbocycles. The lowest BCUT2D eigenvalue weighted by atomic mass is 10.1. The third kappa shape index (κ3) is 4.46. The van der Waals surface area contributed by atoms with Crippen LogP contribution in [0.15, 0.2) is 36.4 Å². The van der Waals surface area contributed by atoms with Crippen molar-refractivity contribution in [1.29, 1.82) is 0 Å². The minimum atomic E-state index is 0.474. The van der Waals surface area contributed by atoms with Gasteiger partial charge in [0.2, 0.25) is 5.88 Å². The molecule has 112 valence electrons. The Kier molecular flexibility index (Phi) is 5.58. The number of aryl methyl sites for hydroxylation is 2. The maximum atomic E-state index is 5.80. The van der Waals surface area contributed by atoms with E-state index < -0.39 is 0 Å². The summed E-state index contributed by atoms with van der Waals surface area (Å²) in [5.41, 5.74) is 3.25. The minimum absolute atomic E-state index is 0.474. The van der Waals surface area contributed by atoms with Gasteiger partial charge in [-0.1, -0.05) is 18.2 Å². The molecule has 21 heavy (non-hydrogen) atoms. The van der Waals surface area contributed by atoms with Gasteiger partial charge in [0, 0.05) is 17.8 Å². The number of hydrogen-bond acceptors (Lipinski definition) is 4. The van der Waals surface area contributed by atoms with Gasteiger partial charge in [-0.15, -0.1) is 0 Å². The van der Waals surface area contributed by atoms with Gasteiger partial charge in [0.05, 0.1) is 0 Å². The van der Waals surface area contributed by atoms with Crippen LogP contribution < -0.4 is 14.8 Å². The summed E-state index contributed by atoms with van der Waals surface area (Å²) in [7, 11) is 1.92. The number of nitrogens with one attached hydrogen (secondary N) is 1. The van der Waals surface area contributed by atoms with Gasteiger partial charge in [0.1, 0.15) is 19.0 Å². The number of pyridine rings is 1. The molecule has 0 aliphatic carbocycles. The van der Waals surface area contributed by atoms with Crippen molar-refractivity contribution in [2.24, 2.45) is 0 Å². The summed E-state index contributed by atoms with van der Waals surface area (Å²) >= 11 is 0. The Bertz CT molecular complexity index is 571. The molecule has 2 aromatic rings. The van der Waals surface area contributed by atoms with Crippen LogP contribution in [-0.2, 0) is 6.54 Å². The number of nitrogens with zero attached hydrogens (tertiary/aromatic N) is 1. The molecule has 0 aliphatic rings. The Morgan fingerprint density at radius 2 is 1.76 bits per heavy atom. The zero-order valence-corrected chi connectivity index (χ0v) is 12.8. The zero-order chi connectivity index (χ0) is 15.1. The summed E-state index contributed by atoms with van der Waals surface area (Å²) in [6.07, 6.45) is 0. The number of para-hydroxylation sites is 1. The van der Waals surface area contributed by atoms with E-state index in [1.165, 1.54) is 5.56 Å². The van der Waals surface area contributed by atoms with Crippen LogP contribution in [0.3, 0.4) is 0 Å². The second kappa shape index (κ2) is 7.64. The van der Waals surface area contributed by atoms with Gasteiger partial charge in [-0.2, -0.15) is 0 Å². The lowest BCUT2D eigenvalue weighted by Gasteiger charge is -2.14. The van der Waals surface area contributed by atoms with Gasteiger partial charge >= 0.3 is 0 Å². The first-order chi connectivity index (χ1) is 10.2. The number of hydrogen-bond donors (Lipinski definition) is 1. The lowest BCUT2D eigenvalue weighted by Crippen LogP contribution is -2.14. The number of ether oxygens (including phenoxy) is 2. The molecule has 0 radical (unpaired) electrons. The molecule has 0 amide bonds. The van der Waals surface area contributed by atoms with Crippen molar-refractivity contribution < 1.29 is 9.47 Å². The van der Waals surface area contributed by atoms with E-state index in [1.807, 2.05) is 44.3 Å². The van der Waals surface area contributed by atoms with Crippen molar-refractivity contribution in [3.05, 3.63) is 53.2 Å². The molecular weight excluding hydrogens is 264 g/mol. The third-order valence-electron chi connectivity index (χ3n) is 3.13. The molecule has 4 heteroatoms. The average Bonchev–Trinajstić information content (AvgIpc) is 2.48. The topological polar surface area (TPSA) is 43.4 Å². The van der Waals surface area contributed by atoms with Crippen LogP contribution in [0.5, 0.6) is 11.6 Å². The number of aromatic nitrogens is 1.